The van der Waals surface area contributed by atoms with Gasteiger partial charge in [-0.25, -0.2) is 0 Å². The van der Waals surface area contributed by atoms with Gasteiger partial charge in [-0.15, -0.1) is 0 Å². The van der Waals surface area contributed by atoms with Crippen LogP contribution in [0, 0.1) is 6.92 Å². The Balaban J connectivity index is 2.03. The fraction of sp³-hybridized carbons (Fsp3) is 0.647. The molecule has 1 N–H and O–H groups in total. The standard InChI is InChI=1S/C17H27NO2/c1-4-15-7-5-6-10-18(15)12-16(19)14-8-9-17(20-3)13(2)11-14/h8-9,11,15-16,19H,4-7,10,12H2,1-3H3. The number of hydrogen-bond acceptors (Lipinski definition) is 3. The minimum atomic E-state index is -0.410. The first-order valence-corrected chi connectivity index (χ1v) is 7.72. The summed E-state index contributed by atoms with van der Waals surface area (Å²) in [5.41, 5.74) is 2.07. The van der Waals surface area contributed by atoms with Gasteiger partial charge in [0.05, 0.1) is 13.2 Å². The second kappa shape index (κ2) is 7.09. The molecular formula is C17H27NO2. The number of hydrogen-bond donors (Lipinski definition) is 1. The van der Waals surface area contributed by atoms with Gasteiger partial charge in [-0.05, 0) is 56.0 Å². The molecule has 1 aliphatic heterocycles. The number of methoxy groups -OCH3 is 1. The van der Waals surface area contributed by atoms with Crippen molar-refractivity contribution in [2.75, 3.05) is 20.2 Å². The van der Waals surface area contributed by atoms with Crippen LogP contribution in [0.4, 0.5) is 0 Å². The normalized spacial score (nSPS) is 21.7. The quantitative estimate of drug-likeness (QED) is 0.896. The summed E-state index contributed by atoms with van der Waals surface area (Å²) in [6, 6.07) is 6.59. The van der Waals surface area contributed by atoms with Crippen LogP contribution < -0.4 is 4.74 Å². The average Bonchev–Trinajstić information content (AvgIpc) is 2.47. The number of aliphatic hydroxyl groups excluding tert-OH is 1. The zero-order chi connectivity index (χ0) is 14.5. The number of rotatable bonds is 5. The number of aryl methyl sites for hydroxylation is 1. The summed E-state index contributed by atoms with van der Waals surface area (Å²) in [4.78, 5) is 2.45. The van der Waals surface area contributed by atoms with Crippen molar-refractivity contribution in [3.8, 4) is 5.75 Å². The first-order valence-electron chi connectivity index (χ1n) is 7.72. The van der Waals surface area contributed by atoms with Crippen LogP contribution in [0.1, 0.15) is 49.8 Å². The Bertz CT molecular complexity index is 433. The van der Waals surface area contributed by atoms with Crippen molar-refractivity contribution < 1.29 is 9.84 Å². The topological polar surface area (TPSA) is 32.7 Å². The van der Waals surface area contributed by atoms with Gasteiger partial charge in [0, 0.05) is 12.6 Å². The number of nitrogens with zero attached hydrogens (tertiary/aromatic N) is 1. The van der Waals surface area contributed by atoms with Gasteiger partial charge in [0.1, 0.15) is 5.75 Å². The highest BCUT2D eigenvalue weighted by atomic mass is 16.5. The number of ether oxygens (including phenoxy) is 1. The van der Waals surface area contributed by atoms with E-state index in [9.17, 15) is 5.11 Å². The average molecular weight is 277 g/mol. The molecule has 1 aliphatic rings. The molecule has 0 aromatic heterocycles. The predicted octanol–water partition coefficient (Wildman–Crippen LogP) is 3.30. The minimum absolute atomic E-state index is 0.410. The highest BCUT2D eigenvalue weighted by molar-refractivity contribution is 5.37. The van der Waals surface area contributed by atoms with Gasteiger partial charge in [-0.2, -0.15) is 0 Å². The molecule has 1 saturated heterocycles. The fourth-order valence-corrected chi connectivity index (χ4v) is 3.20. The maximum absolute atomic E-state index is 10.5. The van der Waals surface area contributed by atoms with E-state index in [0.29, 0.717) is 6.04 Å². The summed E-state index contributed by atoms with van der Waals surface area (Å²) in [5, 5.41) is 10.5. The smallest absolute Gasteiger partial charge is 0.121 e. The molecule has 0 aliphatic carbocycles. The van der Waals surface area contributed by atoms with Crippen molar-refractivity contribution in [1.29, 1.82) is 0 Å². The van der Waals surface area contributed by atoms with Crippen LogP contribution in [0.3, 0.4) is 0 Å². The van der Waals surface area contributed by atoms with Gasteiger partial charge in [0.15, 0.2) is 0 Å². The van der Waals surface area contributed by atoms with Gasteiger partial charge >= 0.3 is 0 Å². The molecule has 0 amide bonds. The zero-order valence-electron chi connectivity index (χ0n) is 12.9. The monoisotopic (exact) mass is 277 g/mol. The van der Waals surface area contributed by atoms with E-state index in [0.717, 1.165) is 30.0 Å². The molecule has 0 radical (unpaired) electrons. The van der Waals surface area contributed by atoms with Crippen molar-refractivity contribution in [3.63, 3.8) is 0 Å². The van der Waals surface area contributed by atoms with Crippen molar-refractivity contribution >= 4 is 0 Å². The Morgan fingerprint density at radius 1 is 1.40 bits per heavy atom. The number of piperidine rings is 1. The second-order valence-electron chi connectivity index (χ2n) is 5.80. The molecule has 0 saturated carbocycles. The summed E-state index contributed by atoms with van der Waals surface area (Å²) >= 11 is 0. The summed E-state index contributed by atoms with van der Waals surface area (Å²) in [6.07, 6.45) is 4.61. The third-order valence-electron chi connectivity index (χ3n) is 4.43. The lowest BCUT2D eigenvalue weighted by Crippen LogP contribution is -2.41. The molecule has 112 valence electrons. The summed E-state index contributed by atoms with van der Waals surface area (Å²) in [5.74, 6) is 0.880. The lowest BCUT2D eigenvalue weighted by atomic mass is 9.98. The number of likely N-dealkylation sites (tertiary alicyclic amines) is 1. The van der Waals surface area contributed by atoms with E-state index in [-0.39, 0.29) is 0 Å². The van der Waals surface area contributed by atoms with Crippen LogP contribution in [-0.4, -0.2) is 36.2 Å². The molecular weight excluding hydrogens is 250 g/mol. The predicted molar refractivity (Wildman–Crippen MR) is 82.2 cm³/mol. The van der Waals surface area contributed by atoms with Crippen LogP contribution in [0.2, 0.25) is 0 Å². The van der Waals surface area contributed by atoms with E-state index in [1.165, 1.54) is 25.7 Å². The maximum Gasteiger partial charge on any atom is 0.121 e. The fourth-order valence-electron chi connectivity index (χ4n) is 3.20. The molecule has 1 heterocycles. The first kappa shape index (κ1) is 15.3. The number of aliphatic hydroxyl groups is 1. The summed E-state index contributed by atoms with van der Waals surface area (Å²) in [6.45, 7) is 6.12. The van der Waals surface area contributed by atoms with Gasteiger partial charge in [-0.1, -0.05) is 19.4 Å². The van der Waals surface area contributed by atoms with Crippen LogP contribution in [0.15, 0.2) is 18.2 Å². The second-order valence-corrected chi connectivity index (χ2v) is 5.80. The van der Waals surface area contributed by atoms with Crippen molar-refractivity contribution in [2.24, 2.45) is 0 Å². The highest BCUT2D eigenvalue weighted by Gasteiger charge is 2.23. The number of benzene rings is 1. The summed E-state index contributed by atoms with van der Waals surface area (Å²) in [7, 11) is 1.68. The highest BCUT2D eigenvalue weighted by Crippen LogP contribution is 2.26. The molecule has 2 atom stereocenters. The van der Waals surface area contributed by atoms with Crippen molar-refractivity contribution in [1.82, 2.24) is 4.90 Å². The van der Waals surface area contributed by atoms with Crippen LogP contribution in [0.25, 0.3) is 0 Å². The summed E-state index contributed by atoms with van der Waals surface area (Å²) < 4.78 is 5.27. The van der Waals surface area contributed by atoms with Crippen LogP contribution in [-0.2, 0) is 0 Å². The Morgan fingerprint density at radius 2 is 2.20 bits per heavy atom. The molecule has 1 fully saturated rings. The molecule has 3 nitrogen and oxygen atoms in total. The van der Waals surface area contributed by atoms with Crippen molar-refractivity contribution in [3.05, 3.63) is 29.3 Å². The SMILES string of the molecule is CCC1CCCCN1CC(O)c1ccc(OC)c(C)c1. The van der Waals surface area contributed by atoms with Gasteiger partial charge in [-0.3, -0.25) is 4.90 Å². The first-order chi connectivity index (χ1) is 9.65. The van der Waals surface area contributed by atoms with E-state index in [4.69, 9.17) is 4.74 Å². The minimum Gasteiger partial charge on any atom is -0.496 e. The Kier molecular flexibility index (Phi) is 5.44. The van der Waals surface area contributed by atoms with E-state index in [1.807, 2.05) is 25.1 Å². The molecule has 2 rings (SSSR count). The Labute approximate surface area is 122 Å². The largest absolute Gasteiger partial charge is 0.496 e. The third-order valence-corrected chi connectivity index (χ3v) is 4.43. The van der Waals surface area contributed by atoms with Crippen LogP contribution >= 0.6 is 0 Å². The maximum atomic E-state index is 10.5. The molecule has 0 spiro atoms. The van der Waals surface area contributed by atoms with Crippen molar-refractivity contribution in [2.45, 2.75) is 51.7 Å². The van der Waals surface area contributed by atoms with Gasteiger partial charge < -0.3 is 9.84 Å². The van der Waals surface area contributed by atoms with E-state index in [1.54, 1.807) is 7.11 Å². The third kappa shape index (κ3) is 3.53. The lowest BCUT2D eigenvalue weighted by molar-refractivity contribution is 0.0656. The number of β-amino-alcohol motifs (C(OH)–C–C–N with tert-alkyl or cyclic N) is 1. The zero-order valence-corrected chi connectivity index (χ0v) is 12.9. The molecule has 20 heavy (non-hydrogen) atoms. The molecule has 1 aromatic carbocycles. The van der Waals surface area contributed by atoms with E-state index in [2.05, 4.69) is 11.8 Å². The molecule has 1 aromatic rings. The van der Waals surface area contributed by atoms with Gasteiger partial charge in [0.2, 0.25) is 0 Å². The van der Waals surface area contributed by atoms with Gasteiger partial charge in [0.25, 0.3) is 0 Å². The Hall–Kier alpha value is -1.06. The Morgan fingerprint density at radius 3 is 2.85 bits per heavy atom. The molecule has 2 unspecified atom stereocenters. The lowest BCUT2D eigenvalue weighted by Gasteiger charge is -2.36. The molecule has 3 heteroatoms. The molecule has 0 bridgehead atoms. The van der Waals surface area contributed by atoms with Crippen LogP contribution in [0.5, 0.6) is 5.75 Å². The van der Waals surface area contributed by atoms with E-state index < -0.39 is 6.10 Å². The van der Waals surface area contributed by atoms with E-state index >= 15 is 0 Å².